The van der Waals surface area contributed by atoms with E-state index in [1.54, 1.807) is 0 Å². The van der Waals surface area contributed by atoms with E-state index in [-0.39, 0.29) is 15.8 Å². The average Bonchev–Trinajstić information content (AvgIpc) is 2.59. The Labute approximate surface area is 160 Å². The molecule has 25 heavy (non-hydrogen) atoms. The van der Waals surface area contributed by atoms with Gasteiger partial charge in [0.1, 0.15) is 17.6 Å². The predicted molar refractivity (Wildman–Crippen MR) is 101 cm³/mol. The molecule has 0 bridgehead atoms. The fraction of sp³-hybridized carbons (Fsp3) is 0.188. The second-order valence-corrected chi connectivity index (χ2v) is 7.79. The Balaban J connectivity index is 1.87. The number of hydrogen-bond donors (Lipinski definition) is 1. The summed E-state index contributed by atoms with van der Waals surface area (Å²) in [5.41, 5.74) is 1.14. The van der Waals surface area contributed by atoms with Crippen LogP contribution in [0.1, 0.15) is 5.56 Å². The molecule has 0 spiro atoms. The van der Waals surface area contributed by atoms with Gasteiger partial charge in [0, 0.05) is 28.4 Å². The number of fused-ring (bicyclic) bond motifs is 1. The number of aromatic nitrogens is 3. The summed E-state index contributed by atoms with van der Waals surface area (Å²) in [5.74, 6) is -0.354. The molecule has 0 aliphatic carbocycles. The van der Waals surface area contributed by atoms with E-state index in [2.05, 4.69) is 36.2 Å². The Morgan fingerprint density at radius 1 is 1.36 bits per heavy atom. The Hall–Kier alpha value is -1.48. The molecule has 0 saturated heterocycles. The zero-order chi connectivity index (χ0) is 18.0. The normalized spacial score (nSPS) is 12.4. The number of halogens is 3. The minimum atomic E-state index is -1.42. The molecule has 2 heterocycles. The predicted octanol–water partition coefficient (Wildman–Crippen LogP) is 3.97. The van der Waals surface area contributed by atoms with Gasteiger partial charge in [0.15, 0.2) is 11.0 Å². The molecule has 1 N–H and O–H groups in total. The maximum Gasteiger partial charge on any atom is 0.343 e. The van der Waals surface area contributed by atoms with Crippen molar-refractivity contribution in [1.82, 2.24) is 15.0 Å². The standard InChI is InChI=1S/C16H13BrClFN4OS/c1-25(24)16-21-8-11-13(22-16)12(19)14(18)23-15(11)20-6-5-9-3-2-4-10(17)7-9/h2-4,7-8H,5-6H2,1H3,(H,20,23). The van der Waals surface area contributed by atoms with E-state index in [4.69, 9.17) is 11.6 Å². The number of nitrogens with zero attached hydrogens (tertiary/aromatic N) is 3. The maximum atomic E-state index is 14.2. The average molecular weight is 444 g/mol. The Kier molecular flexibility index (Phi) is 5.73. The van der Waals surface area contributed by atoms with Gasteiger partial charge in [-0.05, 0) is 24.1 Å². The van der Waals surface area contributed by atoms with Gasteiger partial charge in [-0.2, -0.15) is 9.97 Å². The van der Waals surface area contributed by atoms with Gasteiger partial charge in [-0.1, -0.05) is 39.7 Å². The summed E-state index contributed by atoms with van der Waals surface area (Å²) in [5, 5.41) is 3.29. The van der Waals surface area contributed by atoms with Crippen molar-refractivity contribution >= 4 is 55.4 Å². The van der Waals surface area contributed by atoms with Crippen molar-refractivity contribution in [3.8, 4) is 0 Å². The van der Waals surface area contributed by atoms with E-state index in [0.29, 0.717) is 17.7 Å². The van der Waals surface area contributed by atoms with Crippen LogP contribution in [0.25, 0.3) is 10.9 Å². The Morgan fingerprint density at radius 2 is 2.16 bits per heavy atom. The first-order valence-electron chi connectivity index (χ1n) is 7.29. The maximum absolute atomic E-state index is 14.2. The van der Waals surface area contributed by atoms with E-state index >= 15 is 0 Å². The summed E-state index contributed by atoms with van der Waals surface area (Å²) >= 11 is 7.89. The van der Waals surface area contributed by atoms with E-state index in [1.807, 2.05) is 24.3 Å². The van der Waals surface area contributed by atoms with Crippen molar-refractivity contribution in [2.45, 2.75) is 11.6 Å². The lowest BCUT2D eigenvalue weighted by Crippen LogP contribution is -2.10. The van der Waals surface area contributed by atoms with Crippen molar-refractivity contribution in [1.29, 1.82) is 0 Å². The highest BCUT2D eigenvalue weighted by atomic mass is 79.9. The number of nitrogens with one attached hydrogen (secondary N) is 1. The highest BCUT2D eigenvalue weighted by Crippen LogP contribution is 2.27. The number of anilines is 1. The molecule has 1 aromatic carbocycles. The lowest BCUT2D eigenvalue weighted by Gasteiger charge is -2.11. The molecule has 3 aromatic rings. The van der Waals surface area contributed by atoms with Crippen LogP contribution in [0.3, 0.4) is 0 Å². The van der Waals surface area contributed by atoms with Crippen molar-refractivity contribution in [2.75, 3.05) is 18.1 Å². The van der Waals surface area contributed by atoms with Crippen LogP contribution >= 0.6 is 27.5 Å². The minimum Gasteiger partial charge on any atom is -0.609 e. The van der Waals surface area contributed by atoms with Gasteiger partial charge in [0.2, 0.25) is 0 Å². The third kappa shape index (κ3) is 4.20. The van der Waals surface area contributed by atoms with Crippen LogP contribution in [0.2, 0.25) is 5.15 Å². The van der Waals surface area contributed by atoms with Gasteiger partial charge in [-0.3, -0.25) is 0 Å². The lowest BCUT2D eigenvalue weighted by atomic mass is 10.1. The first-order chi connectivity index (χ1) is 12.0. The fourth-order valence-electron chi connectivity index (χ4n) is 2.30. The summed E-state index contributed by atoms with van der Waals surface area (Å²) < 4.78 is 26.8. The molecule has 130 valence electrons. The van der Waals surface area contributed by atoms with Crippen LogP contribution in [0.4, 0.5) is 10.2 Å². The molecule has 1 unspecified atom stereocenters. The number of pyridine rings is 1. The van der Waals surface area contributed by atoms with Crippen LogP contribution < -0.4 is 5.32 Å². The van der Waals surface area contributed by atoms with Gasteiger partial charge >= 0.3 is 5.16 Å². The molecule has 2 aromatic heterocycles. The highest BCUT2D eigenvalue weighted by molar-refractivity contribution is 9.10. The van der Waals surface area contributed by atoms with Crippen LogP contribution in [0.15, 0.2) is 40.1 Å². The number of rotatable bonds is 5. The zero-order valence-corrected chi connectivity index (χ0v) is 16.3. The lowest BCUT2D eigenvalue weighted by molar-refractivity contribution is 0.591. The SMILES string of the molecule is C[S+]([O-])c1ncc2c(NCCc3cccc(Br)c3)nc(Cl)c(F)c2n1. The number of hydrogen-bond acceptors (Lipinski definition) is 5. The summed E-state index contributed by atoms with van der Waals surface area (Å²) in [6.45, 7) is 0.571. The Morgan fingerprint density at radius 3 is 2.88 bits per heavy atom. The molecule has 0 radical (unpaired) electrons. The quantitative estimate of drug-likeness (QED) is 0.367. The summed E-state index contributed by atoms with van der Waals surface area (Å²) in [7, 11) is 0. The van der Waals surface area contributed by atoms with Crippen LogP contribution in [-0.2, 0) is 17.6 Å². The van der Waals surface area contributed by atoms with Gasteiger partial charge in [0.25, 0.3) is 0 Å². The summed E-state index contributed by atoms with van der Waals surface area (Å²) in [6, 6.07) is 7.96. The van der Waals surface area contributed by atoms with Gasteiger partial charge < -0.3 is 9.87 Å². The summed E-state index contributed by atoms with van der Waals surface area (Å²) in [4.78, 5) is 12.1. The van der Waals surface area contributed by atoms with Crippen LogP contribution in [-0.4, -0.2) is 32.3 Å². The molecule has 0 aliphatic rings. The van der Waals surface area contributed by atoms with Crippen molar-refractivity contribution in [2.24, 2.45) is 0 Å². The van der Waals surface area contributed by atoms with E-state index in [9.17, 15) is 8.94 Å². The van der Waals surface area contributed by atoms with Crippen LogP contribution in [0, 0.1) is 5.82 Å². The van der Waals surface area contributed by atoms with Crippen molar-refractivity contribution < 1.29 is 8.94 Å². The molecule has 1 atom stereocenters. The smallest absolute Gasteiger partial charge is 0.343 e. The Bertz CT molecular complexity index is 928. The summed E-state index contributed by atoms with van der Waals surface area (Å²) in [6.07, 6.45) is 3.58. The molecule has 0 aliphatic heterocycles. The molecular formula is C16H13BrClFN4OS. The second-order valence-electron chi connectivity index (χ2n) is 5.24. The van der Waals surface area contributed by atoms with Gasteiger partial charge in [-0.15, -0.1) is 0 Å². The number of benzene rings is 1. The van der Waals surface area contributed by atoms with E-state index < -0.39 is 17.0 Å². The first-order valence-corrected chi connectivity index (χ1v) is 10.0. The van der Waals surface area contributed by atoms with E-state index in [1.165, 1.54) is 12.5 Å². The largest absolute Gasteiger partial charge is 0.609 e. The molecule has 3 rings (SSSR count). The third-order valence-electron chi connectivity index (χ3n) is 3.47. The van der Waals surface area contributed by atoms with Gasteiger partial charge in [-0.25, -0.2) is 9.37 Å². The third-order valence-corrected chi connectivity index (χ3v) is 4.93. The monoisotopic (exact) mass is 442 g/mol. The topological polar surface area (TPSA) is 73.8 Å². The molecule has 5 nitrogen and oxygen atoms in total. The molecule has 9 heteroatoms. The van der Waals surface area contributed by atoms with E-state index in [0.717, 1.165) is 16.5 Å². The molecule has 0 saturated carbocycles. The molecule has 0 fully saturated rings. The molecule has 0 amide bonds. The first kappa shape index (κ1) is 18.3. The minimum absolute atomic E-state index is 0.00477. The van der Waals surface area contributed by atoms with Crippen molar-refractivity contribution in [3.63, 3.8) is 0 Å². The van der Waals surface area contributed by atoms with Crippen LogP contribution in [0.5, 0.6) is 0 Å². The van der Waals surface area contributed by atoms with Gasteiger partial charge in [0.05, 0.1) is 5.39 Å². The molecular weight excluding hydrogens is 431 g/mol. The van der Waals surface area contributed by atoms with Crippen molar-refractivity contribution in [3.05, 3.63) is 51.5 Å². The fourth-order valence-corrected chi connectivity index (χ4v) is 3.34. The second kappa shape index (κ2) is 7.82. The highest BCUT2D eigenvalue weighted by Gasteiger charge is 2.18. The zero-order valence-electron chi connectivity index (χ0n) is 13.1.